The van der Waals surface area contributed by atoms with E-state index in [1.165, 1.54) is 11.1 Å². The largest absolute Gasteiger partial charge is 0.454 e. The standard InChI is InChI=1S/C20H23NO2/c1-13(2)16-6-5-7-17(14(3)4)20(16)21-11-15-8-9-18-19(10-15)23-12-22-18/h5-11,13-14H,12H2,1-4H3. The van der Waals surface area contributed by atoms with Crippen LogP contribution in [0.1, 0.15) is 56.2 Å². The SMILES string of the molecule is CC(C)c1cccc(C(C)C)c1N=Cc1ccc2c(c1)OCO2. The van der Waals surface area contributed by atoms with E-state index in [0.717, 1.165) is 22.7 Å². The minimum absolute atomic E-state index is 0.295. The normalized spacial score (nSPS) is 13.5. The topological polar surface area (TPSA) is 30.8 Å². The zero-order valence-corrected chi connectivity index (χ0v) is 14.2. The van der Waals surface area contributed by atoms with Crippen molar-refractivity contribution < 1.29 is 9.47 Å². The smallest absolute Gasteiger partial charge is 0.231 e. The van der Waals surface area contributed by atoms with E-state index >= 15 is 0 Å². The third-order valence-electron chi connectivity index (χ3n) is 4.08. The Labute approximate surface area is 138 Å². The van der Waals surface area contributed by atoms with E-state index in [1.807, 2.05) is 24.4 Å². The van der Waals surface area contributed by atoms with Crippen molar-refractivity contribution in [2.45, 2.75) is 39.5 Å². The van der Waals surface area contributed by atoms with Crippen LogP contribution in [0.25, 0.3) is 0 Å². The van der Waals surface area contributed by atoms with Crippen LogP contribution < -0.4 is 9.47 Å². The molecule has 0 saturated heterocycles. The van der Waals surface area contributed by atoms with Gasteiger partial charge in [-0.2, -0.15) is 0 Å². The lowest BCUT2D eigenvalue weighted by Gasteiger charge is -2.16. The molecule has 0 spiro atoms. The quantitative estimate of drug-likeness (QED) is 0.707. The number of fused-ring (bicyclic) bond motifs is 1. The van der Waals surface area contributed by atoms with Gasteiger partial charge in [0.25, 0.3) is 0 Å². The zero-order valence-electron chi connectivity index (χ0n) is 14.2. The first-order valence-electron chi connectivity index (χ1n) is 8.12. The van der Waals surface area contributed by atoms with Gasteiger partial charge in [0, 0.05) is 6.21 Å². The zero-order chi connectivity index (χ0) is 16.4. The van der Waals surface area contributed by atoms with Crippen molar-refractivity contribution in [3.8, 4) is 11.5 Å². The van der Waals surface area contributed by atoms with Gasteiger partial charge in [-0.3, -0.25) is 4.99 Å². The van der Waals surface area contributed by atoms with E-state index < -0.39 is 0 Å². The lowest BCUT2D eigenvalue weighted by atomic mass is 9.93. The molecule has 1 aliphatic heterocycles. The number of para-hydroxylation sites is 1. The molecule has 2 aromatic carbocycles. The Bertz CT molecular complexity index is 706. The average molecular weight is 309 g/mol. The van der Waals surface area contributed by atoms with Gasteiger partial charge in [-0.25, -0.2) is 0 Å². The van der Waals surface area contributed by atoms with Crippen LogP contribution in [0.5, 0.6) is 11.5 Å². The Morgan fingerprint density at radius 2 is 1.57 bits per heavy atom. The molecule has 3 nitrogen and oxygen atoms in total. The number of nitrogens with zero attached hydrogens (tertiary/aromatic N) is 1. The molecule has 1 aliphatic rings. The maximum absolute atomic E-state index is 5.43. The van der Waals surface area contributed by atoms with Crippen LogP contribution >= 0.6 is 0 Å². The molecular formula is C20H23NO2. The molecule has 0 N–H and O–H groups in total. The third kappa shape index (κ3) is 3.24. The van der Waals surface area contributed by atoms with Gasteiger partial charge in [0.2, 0.25) is 6.79 Å². The van der Waals surface area contributed by atoms with Gasteiger partial charge >= 0.3 is 0 Å². The van der Waals surface area contributed by atoms with Crippen LogP contribution in [-0.4, -0.2) is 13.0 Å². The molecule has 0 atom stereocenters. The molecule has 3 heteroatoms. The monoisotopic (exact) mass is 309 g/mol. The number of aliphatic imine (C=N–C) groups is 1. The summed E-state index contributed by atoms with van der Waals surface area (Å²) in [5.74, 6) is 2.47. The predicted octanol–water partition coefficient (Wildman–Crippen LogP) is 5.41. The molecule has 23 heavy (non-hydrogen) atoms. The number of rotatable bonds is 4. The maximum atomic E-state index is 5.43. The van der Waals surface area contributed by atoms with Crippen LogP contribution in [0.15, 0.2) is 41.4 Å². The van der Waals surface area contributed by atoms with Gasteiger partial charge in [-0.15, -0.1) is 0 Å². The summed E-state index contributed by atoms with van der Waals surface area (Å²) < 4.78 is 10.8. The molecule has 0 aliphatic carbocycles. The molecule has 120 valence electrons. The van der Waals surface area contributed by atoms with Crippen molar-refractivity contribution in [2.24, 2.45) is 4.99 Å². The molecule has 0 bridgehead atoms. The van der Waals surface area contributed by atoms with Crippen molar-refractivity contribution in [1.29, 1.82) is 0 Å². The van der Waals surface area contributed by atoms with Gasteiger partial charge < -0.3 is 9.47 Å². The third-order valence-corrected chi connectivity index (χ3v) is 4.08. The van der Waals surface area contributed by atoms with E-state index in [4.69, 9.17) is 14.5 Å². The fourth-order valence-electron chi connectivity index (χ4n) is 2.79. The maximum Gasteiger partial charge on any atom is 0.231 e. The van der Waals surface area contributed by atoms with Crippen LogP contribution in [0.3, 0.4) is 0 Å². The predicted molar refractivity (Wildman–Crippen MR) is 94.4 cm³/mol. The summed E-state index contributed by atoms with van der Waals surface area (Å²) in [5, 5.41) is 0. The second-order valence-electron chi connectivity index (χ2n) is 6.47. The lowest BCUT2D eigenvalue weighted by Crippen LogP contribution is -1.95. The first-order valence-corrected chi connectivity index (χ1v) is 8.12. The van der Waals surface area contributed by atoms with Crippen LogP contribution in [0.2, 0.25) is 0 Å². The van der Waals surface area contributed by atoms with Crippen molar-refractivity contribution in [3.05, 3.63) is 53.1 Å². The van der Waals surface area contributed by atoms with Crippen molar-refractivity contribution in [2.75, 3.05) is 6.79 Å². The summed E-state index contributed by atoms with van der Waals surface area (Å²) in [5.41, 5.74) is 4.68. The summed E-state index contributed by atoms with van der Waals surface area (Å²) in [6.45, 7) is 9.12. The molecule has 0 fully saturated rings. The van der Waals surface area contributed by atoms with Gasteiger partial charge in [0.05, 0.1) is 5.69 Å². The van der Waals surface area contributed by atoms with Crippen molar-refractivity contribution in [1.82, 2.24) is 0 Å². The summed E-state index contributed by atoms with van der Waals surface area (Å²) in [7, 11) is 0. The highest BCUT2D eigenvalue weighted by Crippen LogP contribution is 2.35. The molecule has 0 radical (unpaired) electrons. The van der Waals surface area contributed by atoms with Gasteiger partial charge in [-0.05, 0) is 46.7 Å². The van der Waals surface area contributed by atoms with E-state index in [9.17, 15) is 0 Å². The number of ether oxygens (including phenoxy) is 2. The fourth-order valence-corrected chi connectivity index (χ4v) is 2.79. The lowest BCUT2D eigenvalue weighted by molar-refractivity contribution is 0.174. The number of hydrogen-bond donors (Lipinski definition) is 0. The number of benzene rings is 2. The van der Waals surface area contributed by atoms with Crippen LogP contribution in [-0.2, 0) is 0 Å². The summed E-state index contributed by atoms with van der Waals surface area (Å²) in [4.78, 5) is 4.82. The van der Waals surface area contributed by atoms with E-state index in [0.29, 0.717) is 18.6 Å². The van der Waals surface area contributed by atoms with E-state index in [1.54, 1.807) is 0 Å². The summed E-state index contributed by atoms with van der Waals surface area (Å²) in [6.07, 6.45) is 1.91. The Balaban J connectivity index is 1.98. The molecule has 1 heterocycles. The van der Waals surface area contributed by atoms with Crippen LogP contribution in [0.4, 0.5) is 5.69 Å². The summed E-state index contributed by atoms with van der Waals surface area (Å²) >= 11 is 0. The second-order valence-corrected chi connectivity index (χ2v) is 6.47. The summed E-state index contributed by atoms with van der Waals surface area (Å²) in [6, 6.07) is 12.4. The molecular weight excluding hydrogens is 286 g/mol. The highest BCUT2D eigenvalue weighted by Gasteiger charge is 2.14. The second kappa shape index (κ2) is 6.45. The Hall–Kier alpha value is -2.29. The number of hydrogen-bond acceptors (Lipinski definition) is 3. The molecule has 2 aromatic rings. The highest BCUT2D eigenvalue weighted by atomic mass is 16.7. The Kier molecular flexibility index (Phi) is 4.37. The van der Waals surface area contributed by atoms with Gasteiger partial charge in [0.15, 0.2) is 11.5 Å². The molecule has 0 amide bonds. The molecule has 3 rings (SSSR count). The highest BCUT2D eigenvalue weighted by molar-refractivity contribution is 5.84. The average Bonchev–Trinajstić information content (AvgIpc) is 2.99. The van der Waals surface area contributed by atoms with E-state index in [2.05, 4.69) is 45.9 Å². The molecule has 0 aromatic heterocycles. The van der Waals surface area contributed by atoms with Crippen molar-refractivity contribution >= 4 is 11.9 Å². The van der Waals surface area contributed by atoms with E-state index in [-0.39, 0.29) is 0 Å². The minimum atomic E-state index is 0.295. The minimum Gasteiger partial charge on any atom is -0.454 e. The Morgan fingerprint density at radius 3 is 2.22 bits per heavy atom. The van der Waals surface area contributed by atoms with Crippen LogP contribution in [0, 0.1) is 0 Å². The fraction of sp³-hybridized carbons (Fsp3) is 0.350. The molecule has 0 saturated carbocycles. The first kappa shape index (κ1) is 15.6. The van der Waals surface area contributed by atoms with Gasteiger partial charge in [0.1, 0.15) is 0 Å². The van der Waals surface area contributed by atoms with Gasteiger partial charge in [-0.1, -0.05) is 45.9 Å². The first-order chi connectivity index (χ1) is 11.1. The Morgan fingerprint density at radius 1 is 0.913 bits per heavy atom. The molecule has 0 unspecified atom stereocenters. The van der Waals surface area contributed by atoms with Crippen molar-refractivity contribution in [3.63, 3.8) is 0 Å².